The Balaban J connectivity index is 1.47. The van der Waals surface area contributed by atoms with Crippen LogP contribution >= 0.6 is 0 Å². The van der Waals surface area contributed by atoms with Gasteiger partial charge < -0.3 is 16.0 Å². The summed E-state index contributed by atoms with van der Waals surface area (Å²) in [5.41, 5.74) is 10.0. The number of hydrogen-bond donors (Lipinski definition) is 1. The number of fused-ring (bicyclic) bond motifs is 3. The van der Waals surface area contributed by atoms with E-state index in [1.54, 1.807) is 12.6 Å². The Morgan fingerprint density at radius 3 is 2.90 bits per heavy atom. The van der Waals surface area contributed by atoms with E-state index in [0.717, 1.165) is 37.1 Å². The topological polar surface area (TPSA) is 52.3 Å². The summed E-state index contributed by atoms with van der Waals surface area (Å²) < 4.78 is 0. The standard InChI is InChI=1S/C17H27N2O/c1-19(20)12-5-3-2-4-11(8-12)13-9-14-15-10-17(15,6-7-18)16(13)14/h11-13,15H,2-10,18H2,1H3/q-1. The van der Waals surface area contributed by atoms with Crippen LogP contribution in [0.4, 0.5) is 0 Å². The highest BCUT2D eigenvalue weighted by molar-refractivity contribution is 5.56. The first-order chi connectivity index (χ1) is 9.67. The zero-order valence-electron chi connectivity index (χ0n) is 12.6. The highest BCUT2D eigenvalue weighted by Gasteiger charge is 2.71. The lowest BCUT2D eigenvalue weighted by Gasteiger charge is -2.51. The molecule has 0 aliphatic heterocycles. The molecule has 0 heterocycles. The lowest BCUT2D eigenvalue weighted by atomic mass is 9.54. The van der Waals surface area contributed by atoms with Gasteiger partial charge in [0.15, 0.2) is 0 Å². The average Bonchev–Trinajstić information content (AvgIpc) is 3.05. The fraction of sp³-hybridized carbons (Fsp3) is 0.882. The van der Waals surface area contributed by atoms with Gasteiger partial charge in [-0.05, 0) is 75.9 Å². The molecule has 112 valence electrons. The van der Waals surface area contributed by atoms with E-state index >= 15 is 0 Å². The highest BCUT2D eigenvalue weighted by Crippen LogP contribution is 2.80. The Morgan fingerprint density at radius 1 is 1.35 bits per heavy atom. The van der Waals surface area contributed by atoms with Gasteiger partial charge in [0, 0.05) is 5.41 Å². The van der Waals surface area contributed by atoms with Crippen LogP contribution < -0.4 is 5.73 Å². The maximum atomic E-state index is 11.7. The van der Waals surface area contributed by atoms with Crippen LogP contribution in [0, 0.1) is 28.4 Å². The molecule has 2 fully saturated rings. The van der Waals surface area contributed by atoms with Gasteiger partial charge in [0.05, 0.1) is 0 Å². The van der Waals surface area contributed by atoms with Crippen molar-refractivity contribution in [1.82, 2.24) is 5.06 Å². The summed E-state index contributed by atoms with van der Waals surface area (Å²) >= 11 is 0. The van der Waals surface area contributed by atoms with Crippen LogP contribution in [0.1, 0.15) is 51.4 Å². The largest absolute Gasteiger partial charge is 0.785 e. The minimum Gasteiger partial charge on any atom is -0.785 e. The SMILES string of the molecule is CN([O-])C1CCCCC(C2CC3=C2C2(CCN)CC32)C1. The zero-order valence-corrected chi connectivity index (χ0v) is 12.6. The highest BCUT2D eigenvalue weighted by atomic mass is 16.5. The van der Waals surface area contributed by atoms with Crippen molar-refractivity contribution in [3.05, 3.63) is 16.4 Å². The van der Waals surface area contributed by atoms with E-state index in [-0.39, 0.29) is 6.04 Å². The fourth-order valence-corrected chi connectivity index (χ4v) is 5.70. The summed E-state index contributed by atoms with van der Waals surface area (Å²) in [5.74, 6) is 2.52. The van der Waals surface area contributed by atoms with Crippen molar-refractivity contribution in [3.63, 3.8) is 0 Å². The summed E-state index contributed by atoms with van der Waals surface area (Å²) in [6.45, 7) is 0.844. The molecule has 0 radical (unpaired) electrons. The van der Waals surface area contributed by atoms with E-state index in [0.29, 0.717) is 5.41 Å². The number of hydroxylamine groups is 2. The Kier molecular flexibility index (Phi) is 3.03. The summed E-state index contributed by atoms with van der Waals surface area (Å²) in [6, 6.07) is 0.271. The Labute approximate surface area is 122 Å². The summed E-state index contributed by atoms with van der Waals surface area (Å²) in [6.07, 6.45) is 10.1. The fourth-order valence-electron chi connectivity index (χ4n) is 5.70. The van der Waals surface area contributed by atoms with Crippen LogP contribution in [0.2, 0.25) is 0 Å². The molecular weight excluding hydrogens is 248 g/mol. The Hall–Kier alpha value is -0.380. The molecular formula is C17H27N2O-. The molecule has 4 aliphatic rings. The lowest BCUT2D eigenvalue weighted by Crippen LogP contribution is -2.42. The maximum Gasteiger partial charge on any atom is 0.000147 e. The molecule has 4 aliphatic carbocycles. The second kappa shape index (κ2) is 4.56. The zero-order chi connectivity index (χ0) is 13.9. The third-order valence-corrected chi connectivity index (χ3v) is 6.80. The van der Waals surface area contributed by atoms with E-state index < -0.39 is 0 Å². The molecule has 3 nitrogen and oxygen atoms in total. The molecule has 5 unspecified atom stereocenters. The van der Waals surface area contributed by atoms with Crippen molar-refractivity contribution < 1.29 is 0 Å². The molecule has 20 heavy (non-hydrogen) atoms. The lowest BCUT2D eigenvalue weighted by molar-refractivity contribution is 0.187. The first kappa shape index (κ1) is 13.3. The van der Waals surface area contributed by atoms with Crippen LogP contribution in [0.25, 0.3) is 0 Å². The van der Waals surface area contributed by atoms with E-state index in [1.807, 2.05) is 5.57 Å². The number of nitrogens with two attached hydrogens (primary N) is 1. The van der Waals surface area contributed by atoms with Crippen molar-refractivity contribution >= 4 is 0 Å². The third-order valence-electron chi connectivity index (χ3n) is 6.80. The first-order valence-electron chi connectivity index (χ1n) is 8.51. The minimum atomic E-state index is 0.271. The smallest absolute Gasteiger partial charge is 0.000147 e. The monoisotopic (exact) mass is 275 g/mol. The van der Waals surface area contributed by atoms with E-state index in [1.165, 1.54) is 43.6 Å². The minimum absolute atomic E-state index is 0.271. The normalized spacial score (nSPS) is 46.2. The number of nitrogens with zero attached hydrogens (tertiary/aromatic N) is 1. The van der Waals surface area contributed by atoms with Crippen molar-refractivity contribution in [1.29, 1.82) is 0 Å². The summed E-state index contributed by atoms with van der Waals surface area (Å²) in [5, 5.41) is 12.9. The number of hydrogen-bond acceptors (Lipinski definition) is 3. The number of rotatable bonds is 4. The Bertz CT molecular complexity index is 444. The van der Waals surface area contributed by atoms with Crippen LogP contribution in [0.15, 0.2) is 11.1 Å². The average molecular weight is 275 g/mol. The molecule has 4 rings (SSSR count). The molecule has 0 bridgehead atoms. The van der Waals surface area contributed by atoms with Crippen LogP contribution in [-0.2, 0) is 0 Å². The van der Waals surface area contributed by atoms with E-state index in [2.05, 4.69) is 0 Å². The third kappa shape index (κ3) is 1.69. The number of allylic oxidation sites excluding steroid dienone is 2. The quantitative estimate of drug-likeness (QED) is 0.487. The molecule has 3 heteroatoms. The molecule has 0 aromatic rings. The molecule has 0 aromatic carbocycles. The van der Waals surface area contributed by atoms with Crippen LogP contribution in [0.3, 0.4) is 0 Å². The van der Waals surface area contributed by atoms with Gasteiger partial charge in [0.2, 0.25) is 0 Å². The predicted molar refractivity (Wildman–Crippen MR) is 80.8 cm³/mol. The van der Waals surface area contributed by atoms with Gasteiger partial charge in [-0.25, -0.2) is 0 Å². The molecule has 2 N–H and O–H groups in total. The molecule has 0 saturated heterocycles. The Morgan fingerprint density at radius 2 is 2.15 bits per heavy atom. The van der Waals surface area contributed by atoms with Gasteiger partial charge in [-0.15, -0.1) is 0 Å². The van der Waals surface area contributed by atoms with Gasteiger partial charge >= 0.3 is 0 Å². The molecule has 2 saturated carbocycles. The van der Waals surface area contributed by atoms with Gasteiger partial charge in [-0.3, -0.25) is 0 Å². The molecule has 0 amide bonds. The van der Waals surface area contributed by atoms with E-state index in [9.17, 15) is 5.21 Å². The summed E-state index contributed by atoms with van der Waals surface area (Å²) in [4.78, 5) is 0. The molecule has 5 atom stereocenters. The van der Waals surface area contributed by atoms with Crippen LogP contribution in [0.5, 0.6) is 0 Å². The van der Waals surface area contributed by atoms with Crippen molar-refractivity contribution in [2.45, 2.75) is 57.4 Å². The molecule has 0 aromatic heterocycles. The second-order valence-corrected chi connectivity index (χ2v) is 7.68. The van der Waals surface area contributed by atoms with Gasteiger partial charge in [-0.2, -0.15) is 0 Å². The predicted octanol–water partition coefficient (Wildman–Crippen LogP) is 3.05. The maximum absolute atomic E-state index is 11.7. The van der Waals surface area contributed by atoms with E-state index in [4.69, 9.17) is 5.73 Å². The van der Waals surface area contributed by atoms with Crippen LogP contribution in [-0.4, -0.2) is 24.7 Å². The molecule has 0 spiro atoms. The summed E-state index contributed by atoms with van der Waals surface area (Å²) in [7, 11) is 1.72. The van der Waals surface area contributed by atoms with Crippen molar-refractivity contribution in [2.24, 2.45) is 28.9 Å². The van der Waals surface area contributed by atoms with Gasteiger partial charge in [0.1, 0.15) is 0 Å². The van der Waals surface area contributed by atoms with Crippen molar-refractivity contribution in [2.75, 3.05) is 13.6 Å². The first-order valence-corrected chi connectivity index (χ1v) is 8.51. The van der Waals surface area contributed by atoms with Crippen molar-refractivity contribution in [3.8, 4) is 0 Å². The van der Waals surface area contributed by atoms with Gasteiger partial charge in [0.25, 0.3) is 0 Å². The van der Waals surface area contributed by atoms with Gasteiger partial charge in [-0.1, -0.05) is 24.0 Å². The second-order valence-electron chi connectivity index (χ2n) is 7.68.